The molecule has 0 fully saturated rings. The average molecular weight is 419 g/mol. The van der Waals surface area contributed by atoms with Crippen molar-refractivity contribution >= 4 is 21.4 Å². The first kappa shape index (κ1) is 19.4. The van der Waals surface area contributed by atoms with Crippen LogP contribution in [0.15, 0.2) is 59.8 Å². The molecule has 142 valence electrons. The largest absolute Gasteiger partial charge is 0.411 e. The minimum Gasteiger partial charge on any atom is -0.328 e. The standard InChI is InChI=1S/C17H11ClF4N2O2S/c18-12-8-6-11(7-9-12)14-13(10-4-2-1-3-5-10)23-16(24-14)27(25,26)17(21,22)15(19)20/h1-9,15H,(H,23,24). The molecular weight excluding hydrogens is 408 g/mol. The number of alkyl halides is 4. The van der Waals surface area contributed by atoms with Crippen molar-refractivity contribution in [3.05, 3.63) is 59.6 Å². The third-order valence-corrected chi connectivity index (χ3v) is 5.58. The molecule has 0 aliphatic carbocycles. The molecule has 1 N–H and O–H groups in total. The van der Waals surface area contributed by atoms with Crippen molar-refractivity contribution in [2.24, 2.45) is 0 Å². The molecule has 4 nitrogen and oxygen atoms in total. The summed E-state index contributed by atoms with van der Waals surface area (Å²) < 4.78 is 76.5. The molecule has 0 bridgehead atoms. The second-order valence-corrected chi connectivity index (χ2v) is 7.88. The van der Waals surface area contributed by atoms with Crippen LogP contribution in [0.2, 0.25) is 5.02 Å². The maximum atomic E-state index is 13.6. The van der Waals surface area contributed by atoms with E-state index in [1.54, 1.807) is 30.3 Å². The highest BCUT2D eigenvalue weighted by Gasteiger charge is 2.56. The summed E-state index contributed by atoms with van der Waals surface area (Å²) in [6.45, 7) is 0. The second kappa shape index (κ2) is 6.97. The van der Waals surface area contributed by atoms with Crippen LogP contribution < -0.4 is 0 Å². The van der Waals surface area contributed by atoms with Crippen LogP contribution in [0.3, 0.4) is 0 Å². The molecule has 0 atom stereocenters. The highest BCUT2D eigenvalue weighted by Crippen LogP contribution is 2.37. The Morgan fingerprint density at radius 3 is 2.11 bits per heavy atom. The molecule has 0 saturated carbocycles. The summed E-state index contributed by atoms with van der Waals surface area (Å²) in [5.74, 6) is 0. The normalized spacial score (nSPS) is 12.5. The number of benzene rings is 2. The highest BCUT2D eigenvalue weighted by molar-refractivity contribution is 7.92. The van der Waals surface area contributed by atoms with E-state index in [-0.39, 0.29) is 11.4 Å². The van der Waals surface area contributed by atoms with Gasteiger partial charge in [-0.25, -0.2) is 22.2 Å². The van der Waals surface area contributed by atoms with E-state index in [1.807, 2.05) is 0 Å². The summed E-state index contributed by atoms with van der Waals surface area (Å²) in [6, 6.07) is 14.2. The average Bonchev–Trinajstić information content (AvgIpc) is 3.09. The molecule has 0 saturated heterocycles. The molecule has 2 aromatic carbocycles. The molecule has 3 aromatic rings. The Kier molecular flexibility index (Phi) is 5.00. The first-order chi connectivity index (χ1) is 12.6. The Labute approximate surface area is 156 Å². The van der Waals surface area contributed by atoms with E-state index in [9.17, 15) is 26.0 Å². The third kappa shape index (κ3) is 3.44. The number of H-pyrrole nitrogens is 1. The Bertz CT molecular complexity index is 1050. The van der Waals surface area contributed by atoms with Crippen molar-refractivity contribution in [1.29, 1.82) is 0 Å². The van der Waals surface area contributed by atoms with Crippen LogP contribution in [0.1, 0.15) is 0 Å². The van der Waals surface area contributed by atoms with E-state index in [1.165, 1.54) is 24.3 Å². The van der Waals surface area contributed by atoms with Crippen molar-refractivity contribution in [2.45, 2.75) is 16.8 Å². The highest BCUT2D eigenvalue weighted by atomic mass is 35.5. The van der Waals surface area contributed by atoms with Gasteiger partial charge in [0.25, 0.3) is 9.84 Å². The first-order valence-corrected chi connectivity index (χ1v) is 9.32. The van der Waals surface area contributed by atoms with E-state index in [0.717, 1.165) is 0 Å². The SMILES string of the molecule is O=S(=O)(c1nc(-c2ccccc2)c(-c2ccc(Cl)cc2)[nH]1)C(F)(F)C(F)F. The summed E-state index contributed by atoms with van der Waals surface area (Å²) >= 11 is 5.82. The summed E-state index contributed by atoms with van der Waals surface area (Å²) in [6.07, 6.45) is -4.40. The number of hydrogen-bond acceptors (Lipinski definition) is 3. The fraction of sp³-hybridized carbons (Fsp3) is 0.118. The number of halogens is 5. The van der Waals surface area contributed by atoms with Gasteiger partial charge in [-0.3, -0.25) is 0 Å². The predicted molar refractivity (Wildman–Crippen MR) is 92.6 cm³/mol. The molecule has 0 radical (unpaired) electrons. The van der Waals surface area contributed by atoms with Crippen molar-refractivity contribution in [1.82, 2.24) is 9.97 Å². The van der Waals surface area contributed by atoms with E-state index >= 15 is 0 Å². The van der Waals surface area contributed by atoms with Crippen molar-refractivity contribution in [3.8, 4) is 22.5 Å². The molecule has 0 amide bonds. The van der Waals surface area contributed by atoms with Gasteiger partial charge in [0, 0.05) is 16.1 Å². The molecule has 0 spiro atoms. The first-order valence-electron chi connectivity index (χ1n) is 7.46. The Morgan fingerprint density at radius 1 is 0.963 bits per heavy atom. The monoisotopic (exact) mass is 418 g/mol. The van der Waals surface area contributed by atoms with Gasteiger partial charge in [-0.2, -0.15) is 8.78 Å². The summed E-state index contributed by atoms with van der Waals surface area (Å²) in [5, 5.41) is -6.12. The molecule has 10 heteroatoms. The molecule has 1 heterocycles. The lowest BCUT2D eigenvalue weighted by atomic mass is 10.1. The van der Waals surface area contributed by atoms with Gasteiger partial charge in [0.2, 0.25) is 5.16 Å². The molecule has 1 aromatic heterocycles. The van der Waals surface area contributed by atoms with Crippen LogP contribution in [0.25, 0.3) is 22.5 Å². The summed E-state index contributed by atoms with van der Waals surface area (Å²) in [7, 11) is -5.74. The minimum absolute atomic E-state index is 0.0292. The topological polar surface area (TPSA) is 62.8 Å². The van der Waals surface area contributed by atoms with Gasteiger partial charge < -0.3 is 4.98 Å². The fourth-order valence-electron chi connectivity index (χ4n) is 2.36. The number of nitrogens with one attached hydrogen (secondary N) is 1. The van der Waals surface area contributed by atoms with Crippen molar-refractivity contribution < 1.29 is 26.0 Å². The van der Waals surface area contributed by atoms with Gasteiger partial charge in [-0.1, -0.05) is 54.1 Å². The molecule has 0 unspecified atom stereocenters. The Morgan fingerprint density at radius 2 is 1.56 bits per heavy atom. The molecule has 27 heavy (non-hydrogen) atoms. The zero-order chi connectivity index (χ0) is 19.8. The van der Waals surface area contributed by atoms with Crippen LogP contribution in [0, 0.1) is 0 Å². The van der Waals surface area contributed by atoms with Crippen molar-refractivity contribution in [3.63, 3.8) is 0 Å². The van der Waals surface area contributed by atoms with E-state index in [4.69, 9.17) is 11.6 Å². The fourth-order valence-corrected chi connectivity index (χ4v) is 3.42. The molecular formula is C17H11ClF4N2O2S. The molecule has 0 aliphatic heterocycles. The lowest BCUT2D eigenvalue weighted by molar-refractivity contribution is -0.0639. The van der Waals surface area contributed by atoms with Gasteiger partial charge in [0.15, 0.2) is 0 Å². The van der Waals surface area contributed by atoms with Crippen molar-refractivity contribution in [2.75, 3.05) is 0 Å². The number of sulfone groups is 1. The predicted octanol–water partition coefficient (Wildman–Crippen LogP) is 5.03. The number of nitrogens with zero attached hydrogens (tertiary/aromatic N) is 1. The number of rotatable bonds is 5. The second-order valence-electron chi connectivity index (χ2n) is 5.50. The van der Waals surface area contributed by atoms with Gasteiger partial charge in [0.05, 0.1) is 11.4 Å². The van der Waals surface area contributed by atoms with Gasteiger partial charge in [0.1, 0.15) is 0 Å². The number of hydrogen-bond donors (Lipinski definition) is 1. The lowest BCUT2D eigenvalue weighted by Crippen LogP contribution is -2.37. The number of aromatic amines is 1. The van der Waals surface area contributed by atoms with Crippen LogP contribution >= 0.6 is 11.6 Å². The molecule has 3 rings (SSSR count). The number of imidazole rings is 1. The summed E-state index contributed by atoms with van der Waals surface area (Å²) in [5.41, 5.74) is 0.927. The van der Waals surface area contributed by atoms with Gasteiger partial charge >= 0.3 is 11.7 Å². The maximum Gasteiger partial charge on any atom is 0.411 e. The van der Waals surface area contributed by atoms with Gasteiger partial charge in [-0.05, 0) is 12.1 Å². The van der Waals surface area contributed by atoms with Crippen LogP contribution in [-0.4, -0.2) is 30.1 Å². The maximum absolute atomic E-state index is 13.6. The van der Waals surface area contributed by atoms with E-state index in [2.05, 4.69) is 9.97 Å². The lowest BCUT2D eigenvalue weighted by Gasteiger charge is -2.13. The quantitative estimate of drug-likeness (QED) is 0.591. The number of aromatic nitrogens is 2. The summed E-state index contributed by atoms with van der Waals surface area (Å²) in [4.78, 5) is 5.97. The Hall–Kier alpha value is -2.39. The van der Waals surface area contributed by atoms with Crippen LogP contribution in [-0.2, 0) is 9.84 Å². The van der Waals surface area contributed by atoms with E-state index < -0.39 is 26.7 Å². The van der Waals surface area contributed by atoms with Gasteiger partial charge in [-0.15, -0.1) is 0 Å². The zero-order valence-electron chi connectivity index (χ0n) is 13.3. The third-order valence-electron chi connectivity index (χ3n) is 3.73. The van der Waals surface area contributed by atoms with E-state index in [0.29, 0.717) is 16.1 Å². The smallest absolute Gasteiger partial charge is 0.328 e. The van der Waals surface area contributed by atoms with Crippen LogP contribution in [0.5, 0.6) is 0 Å². The van der Waals surface area contributed by atoms with Crippen LogP contribution in [0.4, 0.5) is 17.6 Å². The Balaban J connectivity index is 2.23. The minimum atomic E-state index is -5.74. The molecule has 0 aliphatic rings. The zero-order valence-corrected chi connectivity index (χ0v) is 14.9.